The Bertz CT molecular complexity index is 689. The van der Waals surface area contributed by atoms with E-state index in [2.05, 4.69) is 4.99 Å². The second-order valence-electron chi connectivity index (χ2n) is 5.05. The van der Waals surface area contributed by atoms with E-state index in [-0.39, 0.29) is 0 Å². The van der Waals surface area contributed by atoms with Gasteiger partial charge in [-0.05, 0) is 25.1 Å². The third-order valence-corrected chi connectivity index (χ3v) is 4.22. The predicted molar refractivity (Wildman–Crippen MR) is 89.4 cm³/mol. The molecule has 1 heterocycles. The lowest BCUT2D eigenvalue weighted by molar-refractivity contribution is -0.149. The van der Waals surface area contributed by atoms with Gasteiger partial charge in [0.25, 0.3) is 0 Å². The lowest BCUT2D eigenvalue weighted by Crippen LogP contribution is -2.22. The summed E-state index contributed by atoms with van der Waals surface area (Å²) in [6.07, 6.45) is 1.67. The zero-order valence-corrected chi connectivity index (χ0v) is 13.6. The van der Waals surface area contributed by atoms with Crippen LogP contribution in [-0.2, 0) is 15.3 Å². The number of rotatable bonds is 3. The van der Waals surface area contributed by atoms with Gasteiger partial charge in [-0.25, -0.2) is 0 Å². The molecule has 0 atom stereocenters. The van der Waals surface area contributed by atoms with Gasteiger partial charge in [-0.2, -0.15) is 0 Å². The SMILES string of the molecule is CC1(c2ccccc2/N=C/c2c(Cl)cccc2Cl)OCCO1. The van der Waals surface area contributed by atoms with Crippen LogP contribution < -0.4 is 0 Å². The molecular formula is C17H15Cl2NO2. The molecule has 0 N–H and O–H groups in total. The summed E-state index contributed by atoms with van der Waals surface area (Å²) in [7, 11) is 0. The maximum absolute atomic E-state index is 6.16. The Morgan fingerprint density at radius 1 is 1.00 bits per heavy atom. The molecule has 5 heteroatoms. The van der Waals surface area contributed by atoms with Crippen LogP contribution >= 0.6 is 23.2 Å². The number of hydrogen-bond donors (Lipinski definition) is 0. The first-order valence-corrected chi connectivity index (χ1v) is 7.71. The van der Waals surface area contributed by atoms with Crippen molar-refractivity contribution in [2.45, 2.75) is 12.7 Å². The van der Waals surface area contributed by atoms with Gasteiger partial charge in [0.1, 0.15) is 0 Å². The fraction of sp³-hybridized carbons (Fsp3) is 0.235. The lowest BCUT2D eigenvalue weighted by atomic mass is 10.1. The number of nitrogens with zero attached hydrogens (tertiary/aromatic N) is 1. The Morgan fingerprint density at radius 2 is 1.64 bits per heavy atom. The van der Waals surface area contributed by atoms with Crippen molar-refractivity contribution in [2.75, 3.05) is 13.2 Å². The van der Waals surface area contributed by atoms with Crippen LogP contribution in [0.15, 0.2) is 47.5 Å². The van der Waals surface area contributed by atoms with E-state index in [1.807, 2.05) is 31.2 Å². The molecule has 0 amide bonds. The minimum absolute atomic E-state index is 0.563. The molecule has 0 bridgehead atoms. The van der Waals surface area contributed by atoms with Crippen molar-refractivity contribution >= 4 is 35.1 Å². The van der Waals surface area contributed by atoms with Crippen LogP contribution in [0.3, 0.4) is 0 Å². The third-order valence-electron chi connectivity index (χ3n) is 3.56. The monoisotopic (exact) mass is 335 g/mol. The summed E-state index contributed by atoms with van der Waals surface area (Å²) in [5.41, 5.74) is 2.34. The van der Waals surface area contributed by atoms with E-state index in [0.29, 0.717) is 28.8 Å². The molecule has 1 aliphatic heterocycles. The molecule has 0 spiro atoms. The van der Waals surface area contributed by atoms with Gasteiger partial charge in [-0.1, -0.05) is 47.5 Å². The molecule has 0 saturated carbocycles. The van der Waals surface area contributed by atoms with Crippen molar-refractivity contribution in [3.63, 3.8) is 0 Å². The largest absolute Gasteiger partial charge is 0.344 e. The number of hydrogen-bond acceptors (Lipinski definition) is 3. The number of halogens is 2. The number of ether oxygens (including phenoxy) is 2. The van der Waals surface area contributed by atoms with Gasteiger partial charge in [0.15, 0.2) is 5.79 Å². The second kappa shape index (κ2) is 6.39. The van der Waals surface area contributed by atoms with Crippen LogP contribution in [0.5, 0.6) is 0 Å². The predicted octanol–water partition coefficient (Wildman–Crippen LogP) is 4.96. The second-order valence-corrected chi connectivity index (χ2v) is 5.87. The smallest absolute Gasteiger partial charge is 0.194 e. The van der Waals surface area contributed by atoms with Gasteiger partial charge in [0.2, 0.25) is 0 Å². The topological polar surface area (TPSA) is 30.8 Å². The highest BCUT2D eigenvalue weighted by Gasteiger charge is 2.34. The first kappa shape index (κ1) is 15.5. The summed E-state index contributed by atoms with van der Waals surface area (Å²) in [6.45, 7) is 3.05. The Morgan fingerprint density at radius 3 is 2.32 bits per heavy atom. The Kier molecular flexibility index (Phi) is 4.50. The molecule has 2 aromatic carbocycles. The van der Waals surface area contributed by atoms with Crippen LogP contribution in [0, 0.1) is 0 Å². The van der Waals surface area contributed by atoms with E-state index < -0.39 is 5.79 Å². The van der Waals surface area contributed by atoms with Crippen molar-refractivity contribution in [3.8, 4) is 0 Å². The normalized spacial score (nSPS) is 17.2. The summed E-state index contributed by atoms with van der Waals surface area (Å²) >= 11 is 12.3. The third kappa shape index (κ3) is 3.03. The number of aliphatic imine (C=N–C) groups is 1. The van der Waals surface area contributed by atoms with Gasteiger partial charge in [0, 0.05) is 17.3 Å². The van der Waals surface area contributed by atoms with Crippen LogP contribution in [-0.4, -0.2) is 19.4 Å². The number of benzene rings is 2. The van der Waals surface area contributed by atoms with Gasteiger partial charge < -0.3 is 9.47 Å². The zero-order chi connectivity index (χ0) is 15.6. The average Bonchev–Trinajstić information content (AvgIpc) is 2.95. The molecule has 3 nitrogen and oxygen atoms in total. The molecule has 1 aliphatic rings. The first-order chi connectivity index (χ1) is 10.6. The average molecular weight is 336 g/mol. The van der Waals surface area contributed by atoms with Gasteiger partial charge in [0.05, 0.1) is 28.9 Å². The minimum atomic E-state index is -0.766. The Balaban J connectivity index is 1.98. The van der Waals surface area contributed by atoms with Gasteiger partial charge in [-0.3, -0.25) is 4.99 Å². The van der Waals surface area contributed by atoms with Crippen LogP contribution in [0.2, 0.25) is 10.0 Å². The minimum Gasteiger partial charge on any atom is -0.344 e. The van der Waals surface area contributed by atoms with E-state index in [9.17, 15) is 0 Å². The molecule has 3 rings (SSSR count). The highest BCUT2D eigenvalue weighted by Crippen LogP contribution is 2.37. The molecule has 114 valence electrons. The summed E-state index contributed by atoms with van der Waals surface area (Å²) < 4.78 is 11.4. The van der Waals surface area contributed by atoms with Gasteiger partial charge >= 0.3 is 0 Å². The maximum atomic E-state index is 6.16. The molecule has 0 aromatic heterocycles. The van der Waals surface area contributed by atoms with Crippen molar-refractivity contribution in [1.82, 2.24) is 0 Å². The van der Waals surface area contributed by atoms with Crippen LogP contribution in [0.1, 0.15) is 18.1 Å². The number of para-hydroxylation sites is 1. The van der Waals surface area contributed by atoms with E-state index in [4.69, 9.17) is 32.7 Å². The van der Waals surface area contributed by atoms with E-state index in [0.717, 1.165) is 11.3 Å². The van der Waals surface area contributed by atoms with Crippen molar-refractivity contribution < 1.29 is 9.47 Å². The molecule has 22 heavy (non-hydrogen) atoms. The molecular weight excluding hydrogens is 321 g/mol. The Hall–Kier alpha value is -1.39. The van der Waals surface area contributed by atoms with Crippen molar-refractivity contribution in [3.05, 3.63) is 63.6 Å². The highest BCUT2D eigenvalue weighted by atomic mass is 35.5. The molecule has 0 aliphatic carbocycles. The van der Waals surface area contributed by atoms with Crippen LogP contribution in [0.25, 0.3) is 0 Å². The van der Waals surface area contributed by atoms with Crippen molar-refractivity contribution in [2.24, 2.45) is 4.99 Å². The van der Waals surface area contributed by atoms with E-state index in [1.54, 1.807) is 24.4 Å². The summed E-state index contributed by atoms with van der Waals surface area (Å²) in [5.74, 6) is -0.766. The lowest BCUT2D eigenvalue weighted by Gasteiger charge is -2.24. The van der Waals surface area contributed by atoms with E-state index in [1.165, 1.54) is 0 Å². The van der Waals surface area contributed by atoms with E-state index >= 15 is 0 Å². The summed E-state index contributed by atoms with van der Waals surface area (Å²) in [5, 5.41) is 1.13. The Labute approximate surface area is 139 Å². The molecule has 2 aromatic rings. The summed E-state index contributed by atoms with van der Waals surface area (Å²) in [4.78, 5) is 4.53. The maximum Gasteiger partial charge on any atom is 0.194 e. The molecule has 0 unspecified atom stereocenters. The highest BCUT2D eigenvalue weighted by molar-refractivity contribution is 6.38. The standard InChI is InChI=1S/C17H15Cl2NO2/c1-17(21-9-10-22-17)13-5-2-3-8-16(13)20-11-12-14(18)6-4-7-15(12)19/h2-8,11H,9-10H2,1H3/b20-11+. The molecule has 1 saturated heterocycles. The molecule has 0 radical (unpaired) electrons. The van der Waals surface area contributed by atoms with Gasteiger partial charge in [-0.15, -0.1) is 0 Å². The fourth-order valence-electron chi connectivity index (χ4n) is 2.41. The fourth-order valence-corrected chi connectivity index (χ4v) is 2.90. The first-order valence-electron chi connectivity index (χ1n) is 6.96. The van der Waals surface area contributed by atoms with Crippen LogP contribution in [0.4, 0.5) is 5.69 Å². The zero-order valence-electron chi connectivity index (χ0n) is 12.1. The quantitative estimate of drug-likeness (QED) is 0.742. The summed E-state index contributed by atoms with van der Waals surface area (Å²) in [6, 6.07) is 13.1. The molecule has 1 fully saturated rings. The van der Waals surface area contributed by atoms with Crippen molar-refractivity contribution in [1.29, 1.82) is 0 Å².